The maximum absolute atomic E-state index is 5.81. The standard InChI is InChI=1S/C14H17N3OS/c1-4-12-14(17-10-16-12)13(5-1)18-7-6-15-9-11-3-2-8-19-11/h1-5,8,15-17H,6-7,9-10H2. The fourth-order valence-corrected chi connectivity index (χ4v) is 2.74. The molecule has 4 nitrogen and oxygen atoms in total. The smallest absolute Gasteiger partial charge is 0.144 e. The van der Waals surface area contributed by atoms with Gasteiger partial charge in [-0.3, -0.25) is 0 Å². The average Bonchev–Trinajstić information content (AvgIpc) is 3.09. The molecule has 1 aliphatic rings. The van der Waals surface area contributed by atoms with Crippen LogP contribution in [0.4, 0.5) is 11.4 Å². The van der Waals surface area contributed by atoms with E-state index in [0.717, 1.165) is 36.9 Å². The van der Waals surface area contributed by atoms with Gasteiger partial charge in [0, 0.05) is 18.0 Å². The first-order valence-electron chi connectivity index (χ1n) is 6.40. The van der Waals surface area contributed by atoms with Crippen molar-refractivity contribution in [2.24, 2.45) is 0 Å². The van der Waals surface area contributed by atoms with E-state index in [2.05, 4.69) is 39.5 Å². The lowest BCUT2D eigenvalue weighted by molar-refractivity contribution is 0.315. The highest BCUT2D eigenvalue weighted by atomic mass is 32.1. The van der Waals surface area contributed by atoms with E-state index in [4.69, 9.17) is 4.74 Å². The molecule has 2 heterocycles. The molecule has 100 valence electrons. The van der Waals surface area contributed by atoms with Gasteiger partial charge in [-0.2, -0.15) is 0 Å². The zero-order valence-corrected chi connectivity index (χ0v) is 11.4. The third-order valence-corrected chi connectivity index (χ3v) is 3.86. The van der Waals surface area contributed by atoms with E-state index in [1.165, 1.54) is 4.88 Å². The number of benzene rings is 1. The fourth-order valence-electron chi connectivity index (χ4n) is 2.07. The predicted octanol–water partition coefficient (Wildman–Crippen LogP) is 2.71. The van der Waals surface area contributed by atoms with Crippen molar-refractivity contribution in [3.8, 4) is 5.75 Å². The number of ether oxygens (including phenoxy) is 1. The zero-order valence-electron chi connectivity index (χ0n) is 10.6. The van der Waals surface area contributed by atoms with Crippen molar-refractivity contribution in [2.45, 2.75) is 6.54 Å². The summed E-state index contributed by atoms with van der Waals surface area (Å²) in [5, 5.41) is 12.0. The SMILES string of the molecule is c1csc(CNCCOc2cccc3c2NCN3)c1. The summed E-state index contributed by atoms with van der Waals surface area (Å²) in [6, 6.07) is 10.3. The second-order valence-corrected chi connectivity index (χ2v) is 5.35. The van der Waals surface area contributed by atoms with Crippen LogP contribution in [0.25, 0.3) is 0 Å². The third kappa shape index (κ3) is 3.00. The molecule has 0 atom stereocenters. The van der Waals surface area contributed by atoms with E-state index < -0.39 is 0 Å². The third-order valence-electron chi connectivity index (χ3n) is 2.99. The first-order chi connectivity index (χ1) is 9.43. The molecule has 0 spiro atoms. The van der Waals surface area contributed by atoms with Crippen LogP contribution in [0.15, 0.2) is 35.7 Å². The minimum Gasteiger partial charge on any atom is -0.490 e. The Morgan fingerprint density at radius 1 is 1.21 bits per heavy atom. The predicted molar refractivity (Wildman–Crippen MR) is 80.1 cm³/mol. The maximum Gasteiger partial charge on any atom is 0.144 e. The molecule has 2 aromatic rings. The summed E-state index contributed by atoms with van der Waals surface area (Å²) >= 11 is 1.77. The van der Waals surface area contributed by atoms with E-state index in [9.17, 15) is 0 Å². The second-order valence-electron chi connectivity index (χ2n) is 4.31. The van der Waals surface area contributed by atoms with Crippen LogP contribution >= 0.6 is 11.3 Å². The Morgan fingerprint density at radius 3 is 3.11 bits per heavy atom. The number of thiophene rings is 1. The molecule has 3 N–H and O–H groups in total. The number of hydrogen-bond donors (Lipinski definition) is 3. The average molecular weight is 275 g/mol. The number of nitrogens with one attached hydrogen (secondary N) is 3. The van der Waals surface area contributed by atoms with E-state index in [1.54, 1.807) is 11.3 Å². The highest BCUT2D eigenvalue weighted by Crippen LogP contribution is 2.35. The Labute approximate surface area is 116 Å². The lowest BCUT2D eigenvalue weighted by Crippen LogP contribution is -2.20. The van der Waals surface area contributed by atoms with Crippen LogP contribution in [0.1, 0.15) is 4.88 Å². The molecule has 1 aromatic carbocycles. The first kappa shape index (κ1) is 12.3. The Bertz CT molecular complexity index is 527. The normalized spacial score (nSPS) is 12.6. The molecule has 3 rings (SSSR count). The van der Waals surface area contributed by atoms with E-state index in [1.807, 2.05) is 12.1 Å². The van der Waals surface area contributed by atoms with Gasteiger partial charge < -0.3 is 20.7 Å². The summed E-state index contributed by atoms with van der Waals surface area (Å²) in [6.45, 7) is 3.19. The van der Waals surface area contributed by atoms with Crippen LogP contribution in [0, 0.1) is 0 Å². The number of rotatable bonds is 6. The minimum absolute atomic E-state index is 0.670. The Balaban J connectivity index is 1.44. The van der Waals surface area contributed by atoms with Crippen LogP contribution in [-0.2, 0) is 6.54 Å². The molecular weight excluding hydrogens is 258 g/mol. The maximum atomic E-state index is 5.81. The van der Waals surface area contributed by atoms with E-state index in [0.29, 0.717) is 6.61 Å². The first-order valence-corrected chi connectivity index (χ1v) is 7.28. The monoisotopic (exact) mass is 275 g/mol. The van der Waals surface area contributed by atoms with Crippen molar-refractivity contribution < 1.29 is 4.74 Å². The number of para-hydroxylation sites is 1. The van der Waals surface area contributed by atoms with Crippen molar-refractivity contribution in [1.82, 2.24) is 5.32 Å². The molecule has 5 heteroatoms. The molecule has 0 unspecified atom stereocenters. The van der Waals surface area contributed by atoms with E-state index >= 15 is 0 Å². The molecule has 0 saturated carbocycles. The number of anilines is 2. The highest BCUT2D eigenvalue weighted by molar-refractivity contribution is 7.09. The van der Waals surface area contributed by atoms with Gasteiger partial charge in [0.1, 0.15) is 18.0 Å². The molecule has 0 radical (unpaired) electrons. The molecule has 1 aliphatic heterocycles. The Kier molecular flexibility index (Phi) is 3.86. The molecular formula is C14H17N3OS. The van der Waals surface area contributed by atoms with Crippen LogP contribution in [-0.4, -0.2) is 19.8 Å². The van der Waals surface area contributed by atoms with Crippen molar-refractivity contribution in [3.63, 3.8) is 0 Å². The molecule has 19 heavy (non-hydrogen) atoms. The van der Waals surface area contributed by atoms with Crippen molar-refractivity contribution in [3.05, 3.63) is 40.6 Å². The van der Waals surface area contributed by atoms with Gasteiger partial charge in [-0.15, -0.1) is 11.3 Å². The van der Waals surface area contributed by atoms with Gasteiger partial charge in [-0.1, -0.05) is 12.1 Å². The minimum atomic E-state index is 0.670. The molecule has 0 aliphatic carbocycles. The summed E-state index contributed by atoms with van der Waals surface area (Å²) < 4.78 is 5.81. The fraction of sp³-hybridized carbons (Fsp3) is 0.286. The van der Waals surface area contributed by atoms with Crippen molar-refractivity contribution >= 4 is 22.7 Å². The molecule has 1 aromatic heterocycles. The Morgan fingerprint density at radius 2 is 2.21 bits per heavy atom. The quantitative estimate of drug-likeness (QED) is 0.709. The van der Waals surface area contributed by atoms with Crippen LogP contribution in [0.5, 0.6) is 5.75 Å². The van der Waals surface area contributed by atoms with Crippen molar-refractivity contribution in [1.29, 1.82) is 0 Å². The summed E-state index contributed by atoms with van der Waals surface area (Å²) in [7, 11) is 0. The zero-order chi connectivity index (χ0) is 12.9. The molecule has 0 saturated heterocycles. The molecule has 0 bridgehead atoms. The molecule has 0 amide bonds. The second kappa shape index (κ2) is 5.95. The highest BCUT2D eigenvalue weighted by Gasteiger charge is 2.13. The van der Waals surface area contributed by atoms with Gasteiger partial charge in [-0.05, 0) is 23.6 Å². The van der Waals surface area contributed by atoms with Gasteiger partial charge in [0.15, 0.2) is 0 Å². The summed E-state index contributed by atoms with van der Waals surface area (Å²) in [5.41, 5.74) is 2.19. The summed E-state index contributed by atoms with van der Waals surface area (Å²) in [5.74, 6) is 0.917. The molecule has 0 fully saturated rings. The lowest BCUT2D eigenvalue weighted by atomic mass is 10.2. The topological polar surface area (TPSA) is 45.3 Å². The van der Waals surface area contributed by atoms with E-state index in [-0.39, 0.29) is 0 Å². The number of fused-ring (bicyclic) bond motifs is 1. The Hall–Kier alpha value is -1.72. The largest absolute Gasteiger partial charge is 0.490 e. The summed E-state index contributed by atoms with van der Waals surface area (Å²) in [4.78, 5) is 1.35. The van der Waals surface area contributed by atoms with Gasteiger partial charge in [0.2, 0.25) is 0 Å². The van der Waals surface area contributed by atoms with Crippen LogP contribution < -0.4 is 20.7 Å². The van der Waals surface area contributed by atoms with Crippen LogP contribution in [0.3, 0.4) is 0 Å². The van der Waals surface area contributed by atoms with Gasteiger partial charge in [0.25, 0.3) is 0 Å². The van der Waals surface area contributed by atoms with Crippen molar-refractivity contribution in [2.75, 3.05) is 30.5 Å². The summed E-state index contributed by atoms with van der Waals surface area (Å²) in [6.07, 6.45) is 0. The van der Waals surface area contributed by atoms with Gasteiger partial charge in [0.05, 0.1) is 12.4 Å². The van der Waals surface area contributed by atoms with Gasteiger partial charge in [-0.25, -0.2) is 0 Å². The van der Waals surface area contributed by atoms with Crippen LogP contribution in [0.2, 0.25) is 0 Å². The van der Waals surface area contributed by atoms with Gasteiger partial charge >= 0.3 is 0 Å². The lowest BCUT2D eigenvalue weighted by Gasteiger charge is -2.10. The number of hydrogen-bond acceptors (Lipinski definition) is 5.